The van der Waals surface area contributed by atoms with Gasteiger partial charge < -0.3 is 9.64 Å². The van der Waals surface area contributed by atoms with Crippen LogP contribution in [0.2, 0.25) is 0 Å². The van der Waals surface area contributed by atoms with Crippen molar-refractivity contribution in [3.05, 3.63) is 0 Å². The van der Waals surface area contributed by atoms with Crippen molar-refractivity contribution in [2.75, 3.05) is 39.3 Å². The molecule has 0 aromatic rings. The highest BCUT2D eigenvalue weighted by Gasteiger charge is 2.40. The van der Waals surface area contributed by atoms with Crippen molar-refractivity contribution in [3.63, 3.8) is 0 Å². The molecule has 2 rings (SSSR count). The molecule has 4 heteroatoms. The summed E-state index contributed by atoms with van der Waals surface area (Å²) in [7, 11) is 0. The molecule has 0 aromatic heterocycles. The van der Waals surface area contributed by atoms with E-state index < -0.39 is 0 Å². The minimum atomic E-state index is 0.0121. The number of carbonyl (C=O) groups excluding carboxylic acids is 1. The minimum Gasteiger partial charge on any atom is -0.372 e. The lowest BCUT2D eigenvalue weighted by atomic mass is 9.88. The molecular weight excluding hydrogens is 264 g/mol. The van der Waals surface area contributed by atoms with Crippen molar-refractivity contribution < 1.29 is 9.53 Å². The van der Waals surface area contributed by atoms with Gasteiger partial charge in [0.1, 0.15) is 0 Å². The Balaban J connectivity index is 1.82. The maximum absolute atomic E-state index is 12.1. The lowest BCUT2D eigenvalue weighted by molar-refractivity contribution is -0.152. The second kappa shape index (κ2) is 7.59. The van der Waals surface area contributed by atoms with Crippen LogP contribution in [0, 0.1) is 5.92 Å². The number of ether oxygens (including phenoxy) is 1. The van der Waals surface area contributed by atoms with E-state index in [2.05, 4.69) is 11.8 Å². The minimum absolute atomic E-state index is 0.0121. The second-order valence-electron chi connectivity index (χ2n) is 6.99. The predicted octanol–water partition coefficient (Wildman–Crippen LogP) is 2.53. The molecule has 1 spiro atoms. The zero-order chi connectivity index (χ0) is 15.3. The zero-order valence-corrected chi connectivity index (χ0v) is 14.1. The van der Waals surface area contributed by atoms with Crippen molar-refractivity contribution in [1.29, 1.82) is 0 Å². The van der Waals surface area contributed by atoms with Crippen LogP contribution in [0.1, 0.15) is 52.9 Å². The van der Waals surface area contributed by atoms with Gasteiger partial charge in [-0.25, -0.2) is 0 Å². The Morgan fingerprint density at radius 1 is 1.19 bits per heavy atom. The average Bonchev–Trinajstić information content (AvgIpc) is 2.48. The van der Waals surface area contributed by atoms with E-state index >= 15 is 0 Å². The molecule has 2 heterocycles. The number of morpholine rings is 1. The number of hydrogen-bond donors (Lipinski definition) is 0. The van der Waals surface area contributed by atoms with E-state index in [0.717, 1.165) is 45.6 Å². The Morgan fingerprint density at radius 2 is 1.90 bits per heavy atom. The van der Waals surface area contributed by atoms with E-state index in [1.165, 1.54) is 25.8 Å². The first kappa shape index (κ1) is 16.8. The number of unbranched alkanes of at least 4 members (excludes halogenated alkanes) is 2. The van der Waals surface area contributed by atoms with E-state index in [1.54, 1.807) is 0 Å². The molecule has 4 nitrogen and oxygen atoms in total. The third-order valence-electron chi connectivity index (χ3n) is 4.89. The van der Waals surface area contributed by atoms with Crippen molar-refractivity contribution in [2.45, 2.75) is 58.5 Å². The van der Waals surface area contributed by atoms with E-state index in [9.17, 15) is 4.79 Å². The largest absolute Gasteiger partial charge is 0.372 e. The molecule has 0 N–H and O–H groups in total. The molecule has 0 atom stereocenters. The summed E-state index contributed by atoms with van der Waals surface area (Å²) < 4.78 is 6.15. The first-order valence-corrected chi connectivity index (χ1v) is 8.71. The van der Waals surface area contributed by atoms with Crippen LogP contribution < -0.4 is 0 Å². The van der Waals surface area contributed by atoms with Crippen molar-refractivity contribution in [3.8, 4) is 0 Å². The van der Waals surface area contributed by atoms with Gasteiger partial charge >= 0.3 is 0 Å². The first-order valence-electron chi connectivity index (χ1n) is 8.71. The number of hydrogen-bond acceptors (Lipinski definition) is 3. The molecule has 1 amide bonds. The highest BCUT2D eigenvalue weighted by Crippen LogP contribution is 2.30. The van der Waals surface area contributed by atoms with Crippen LogP contribution in [0.5, 0.6) is 0 Å². The number of carbonyl (C=O) groups is 1. The average molecular weight is 296 g/mol. The highest BCUT2D eigenvalue weighted by molar-refractivity contribution is 5.78. The third-order valence-corrected chi connectivity index (χ3v) is 4.89. The smallest absolute Gasteiger partial charge is 0.225 e. The Hall–Kier alpha value is -0.610. The summed E-state index contributed by atoms with van der Waals surface area (Å²) in [5.41, 5.74) is 0.0121. The van der Waals surface area contributed by atoms with Crippen LogP contribution in [0.15, 0.2) is 0 Å². The first-order chi connectivity index (χ1) is 10.1. The SMILES string of the molecule is CCCCCN1CCOC2(CCN(C(=O)C(C)C)CC2)C1. The van der Waals surface area contributed by atoms with Crippen LogP contribution in [-0.2, 0) is 9.53 Å². The van der Waals surface area contributed by atoms with E-state index in [1.807, 2.05) is 18.7 Å². The summed E-state index contributed by atoms with van der Waals surface area (Å²) in [5, 5.41) is 0. The number of amides is 1. The topological polar surface area (TPSA) is 32.8 Å². The summed E-state index contributed by atoms with van der Waals surface area (Å²) in [6.45, 7) is 12.1. The van der Waals surface area contributed by atoms with Gasteiger partial charge in [0.15, 0.2) is 0 Å². The molecule has 0 bridgehead atoms. The number of piperidine rings is 1. The maximum Gasteiger partial charge on any atom is 0.225 e. The summed E-state index contributed by atoms with van der Waals surface area (Å²) in [4.78, 5) is 16.7. The molecule has 2 saturated heterocycles. The van der Waals surface area contributed by atoms with Gasteiger partial charge in [-0.3, -0.25) is 9.69 Å². The summed E-state index contributed by atoms with van der Waals surface area (Å²) in [6.07, 6.45) is 5.89. The van der Waals surface area contributed by atoms with Crippen molar-refractivity contribution in [2.24, 2.45) is 5.92 Å². The highest BCUT2D eigenvalue weighted by atomic mass is 16.5. The fraction of sp³-hybridized carbons (Fsp3) is 0.941. The van der Waals surface area contributed by atoms with Crippen molar-refractivity contribution in [1.82, 2.24) is 9.80 Å². The molecular formula is C17H32N2O2. The van der Waals surface area contributed by atoms with Crippen LogP contribution >= 0.6 is 0 Å². The molecule has 2 aliphatic heterocycles. The predicted molar refractivity (Wildman–Crippen MR) is 85.3 cm³/mol. The zero-order valence-electron chi connectivity index (χ0n) is 14.1. The fourth-order valence-corrected chi connectivity index (χ4v) is 3.50. The van der Waals surface area contributed by atoms with E-state index in [0.29, 0.717) is 5.91 Å². The lowest BCUT2D eigenvalue weighted by Crippen LogP contribution is -2.57. The van der Waals surface area contributed by atoms with Gasteiger partial charge in [-0.05, 0) is 25.8 Å². The number of rotatable bonds is 5. The molecule has 2 fully saturated rings. The molecule has 0 radical (unpaired) electrons. The van der Waals surface area contributed by atoms with Gasteiger partial charge in [0.05, 0.1) is 12.2 Å². The van der Waals surface area contributed by atoms with Gasteiger partial charge in [0.25, 0.3) is 0 Å². The molecule has 122 valence electrons. The van der Waals surface area contributed by atoms with E-state index in [4.69, 9.17) is 4.74 Å². The molecule has 2 aliphatic rings. The molecule has 0 unspecified atom stereocenters. The molecule has 0 aromatic carbocycles. The number of nitrogens with zero attached hydrogens (tertiary/aromatic N) is 2. The van der Waals surface area contributed by atoms with Gasteiger partial charge in [0.2, 0.25) is 5.91 Å². The summed E-state index contributed by atoms with van der Waals surface area (Å²) >= 11 is 0. The van der Waals surface area contributed by atoms with E-state index in [-0.39, 0.29) is 11.5 Å². The lowest BCUT2D eigenvalue weighted by Gasteiger charge is -2.47. The normalized spacial score (nSPS) is 23.0. The fourth-order valence-electron chi connectivity index (χ4n) is 3.50. The van der Waals surface area contributed by atoms with Gasteiger partial charge in [0, 0.05) is 32.1 Å². The van der Waals surface area contributed by atoms with Crippen LogP contribution in [0.25, 0.3) is 0 Å². The molecule has 21 heavy (non-hydrogen) atoms. The van der Waals surface area contributed by atoms with Crippen LogP contribution in [0.3, 0.4) is 0 Å². The standard InChI is InChI=1S/C17H32N2O2/c1-4-5-6-9-18-12-13-21-17(14-18)7-10-19(11-8-17)16(20)15(2)3/h15H,4-14H2,1-3H3. The van der Waals surface area contributed by atoms with Crippen LogP contribution in [-0.4, -0.2) is 60.6 Å². The Labute approximate surface area is 129 Å². The second-order valence-corrected chi connectivity index (χ2v) is 6.99. The Bertz CT molecular complexity index is 336. The van der Waals surface area contributed by atoms with Gasteiger partial charge in [-0.15, -0.1) is 0 Å². The summed E-state index contributed by atoms with van der Waals surface area (Å²) in [6, 6.07) is 0. The van der Waals surface area contributed by atoms with Gasteiger partial charge in [-0.1, -0.05) is 33.6 Å². The third kappa shape index (κ3) is 4.43. The van der Waals surface area contributed by atoms with Gasteiger partial charge in [-0.2, -0.15) is 0 Å². The Kier molecular flexibility index (Phi) is 6.06. The monoisotopic (exact) mass is 296 g/mol. The van der Waals surface area contributed by atoms with Crippen molar-refractivity contribution >= 4 is 5.91 Å². The molecule has 0 saturated carbocycles. The van der Waals surface area contributed by atoms with Crippen LogP contribution in [0.4, 0.5) is 0 Å². The quantitative estimate of drug-likeness (QED) is 0.731. The summed E-state index contributed by atoms with van der Waals surface area (Å²) in [5.74, 6) is 0.400. The maximum atomic E-state index is 12.1. The number of likely N-dealkylation sites (tertiary alicyclic amines) is 1. The molecule has 0 aliphatic carbocycles. The Morgan fingerprint density at radius 3 is 2.52 bits per heavy atom.